The van der Waals surface area contributed by atoms with Gasteiger partial charge in [-0.1, -0.05) is 0 Å². The third-order valence-corrected chi connectivity index (χ3v) is 2.58. The molecule has 1 aromatic rings. The van der Waals surface area contributed by atoms with Crippen LogP contribution in [-0.4, -0.2) is 29.7 Å². The summed E-state index contributed by atoms with van der Waals surface area (Å²) in [4.78, 5) is 19.8. The summed E-state index contributed by atoms with van der Waals surface area (Å²) in [6.45, 7) is 2.51. The summed E-state index contributed by atoms with van der Waals surface area (Å²) in [7, 11) is 1.35. The van der Waals surface area contributed by atoms with Gasteiger partial charge >= 0.3 is 5.97 Å². The fourth-order valence-corrected chi connectivity index (χ4v) is 1.79. The van der Waals surface area contributed by atoms with E-state index in [2.05, 4.69) is 9.97 Å². The summed E-state index contributed by atoms with van der Waals surface area (Å²) in [5, 5.41) is 0. The van der Waals surface area contributed by atoms with E-state index in [4.69, 9.17) is 9.47 Å². The van der Waals surface area contributed by atoms with Crippen molar-refractivity contribution >= 4 is 5.97 Å². The van der Waals surface area contributed by atoms with Gasteiger partial charge in [-0.2, -0.15) is 0 Å². The molecule has 2 rings (SSSR count). The van der Waals surface area contributed by atoms with E-state index in [1.165, 1.54) is 13.3 Å². The lowest BCUT2D eigenvalue weighted by Gasteiger charge is -2.12. The highest BCUT2D eigenvalue weighted by atomic mass is 16.5. The van der Waals surface area contributed by atoms with Crippen molar-refractivity contribution in [2.45, 2.75) is 25.9 Å². The van der Waals surface area contributed by atoms with Crippen LogP contribution in [-0.2, 0) is 9.47 Å². The first-order chi connectivity index (χ1) is 7.72. The molecule has 2 heterocycles. The number of hydrogen-bond donors (Lipinski definition) is 0. The summed E-state index contributed by atoms with van der Waals surface area (Å²) in [6.07, 6.45) is 3.29. The lowest BCUT2D eigenvalue weighted by atomic mass is 10.1. The molecule has 0 aliphatic carbocycles. The molecule has 0 N–H and O–H groups in total. The van der Waals surface area contributed by atoms with E-state index >= 15 is 0 Å². The fraction of sp³-hybridized carbons (Fsp3) is 0.545. The summed E-state index contributed by atoms with van der Waals surface area (Å²) in [6, 6.07) is 0. The van der Waals surface area contributed by atoms with Crippen LogP contribution in [0.5, 0.6) is 0 Å². The van der Waals surface area contributed by atoms with E-state index in [1.807, 2.05) is 0 Å². The Morgan fingerprint density at radius 3 is 3.06 bits per heavy atom. The molecule has 5 nitrogen and oxygen atoms in total. The van der Waals surface area contributed by atoms with Crippen molar-refractivity contribution in [3.05, 3.63) is 23.3 Å². The molecule has 1 aliphatic rings. The molecule has 1 aromatic heterocycles. The zero-order valence-corrected chi connectivity index (χ0v) is 9.40. The van der Waals surface area contributed by atoms with Crippen LogP contribution in [0.15, 0.2) is 6.20 Å². The second-order valence-electron chi connectivity index (χ2n) is 3.71. The molecule has 0 spiro atoms. The van der Waals surface area contributed by atoms with Gasteiger partial charge in [-0.15, -0.1) is 0 Å². The molecular formula is C11H14N2O3. The highest BCUT2D eigenvalue weighted by Crippen LogP contribution is 2.29. The largest absolute Gasteiger partial charge is 0.465 e. The third kappa shape index (κ3) is 2.04. The Balaban J connectivity index is 2.39. The monoisotopic (exact) mass is 222 g/mol. The smallest absolute Gasteiger partial charge is 0.341 e. The summed E-state index contributed by atoms with van der Waals surface area (Å²) >= 11 is 0. The SMILES string of the molecule is COC(=O)c1cnc(C)nc1C1CCCO1. The number of rotatable bonds is 2. The lowest BCUT2D eigenvalue weighted by molar-refractivity contribution is 0.0584. The molecule has 5 heteroatoms. The topological polar surface area (TPSA) is 61.3 Å². The van der Waals surface area contributed by atoms with E-state index in [-0.39, 0.29) is 6.10 Å². The van der Waals surface area contributed by atoms with Gasteiger partial charge in [-0.25, -0.2) is 14.8 Å². The van der Waals surface area contributed by atoms with Crippen LogP contribution in [0.4, 0.5) is 0 Å². The van der Waals surface area contributed by atoms with E-state index in [0.29, 0.717) is 23.7 Å². The third-order valence-electron chi connectivity index (χ3n) is 2.58. The van der Waals surface area contributed by atoms with Crippen LogP contribution >= 0.6 is 0 Å². The number of hydrogen-bond acceptors (Lipinski definition) is 5. The molecule has 0 amide bonds. The van der Waals surface area contributed by atoms with Gasteiger partial charge in [0.2, 0.25) is 0 Å². The Bertz CT molecular complexity index is 400. The predicted molar refractivity (Wildman–Crippen MR) is 56.0 cm³/mol. The Morgan fingerprint density at radius 1 is 1.62 bits per heavy atom. The number of methoxy groups -OCH3 is 1. The summed E-state index contributed by atoms with van der Waals surface area (Å²) < 4.78 is 10.2. The molecule has 1 atom stereocenters. The minimum absolute atomic E-state index is 0.101. The number of ether oxygens (including phenoxy) is 2. The van der Waals surface area contributed by atoms with Crippen LogP contribution in [0.3, 0.4) is 0 Å². The van der Waals surface area contributed by atoms with Crippen molar-refractivity contribution in [3.8, 4) is 0 Å². The average Bonchev–Trinajstić information content (AvgIpc) is 2.81. The van der Waals surface area contributed by atoms with Crippen LogP contribution in [0.1, 0.15) is 40.8 Å². The molecule has 0 radical (unpaired) electrons. The maximum absolute atomic E-state index is 11.5. The number of nitrogens with zero attached hydrogens (tertiary/aromatic N) is 2. The quantitative estimate of drug-likeness (QED) is 0.708. The van der Waals surface area contributed by atoms with Crippen LogP contribution < -0.4 is 0 Å². The number of aryl methyl sites for hydroxylation is 1. The zero-order chi connectivity index (χ0) is 11.5. The Kier molecular flexibility index (Phi) is 3.14. The molecule has 1 fully saturated rings. The van der Waals surface area contributed by atoms with E-state index in [9.17, 15) is 4.79 Å². The van der Waals surface area contributed by atoms with E-state index < -0.39 is 5.97 Å². The van der Waals surface area contributed by atoms with Gasteiger partial charge in [0.15, 0.2) is 0 Å². The average molecular weight is 222 g/mol. The number of carbonyl (C=O) groups is 1. The minimum atomic E-state index is -0.412. The van der Waals surface area contributed by atoms with Crippen molar-refractivity contribution in [1.82, 2.24) is 9.97 Å². The van der Waals surface area contributed by atoms with Crippen LogP contribution in [0.25, 0.3) is 0 Å². The Labute approximate surface area is 93.8 Å². The van der Waals surface area contributed by atoms with Gasteiger partial charge in [0.25, 0.3) is 0 Å². The highest BCUT2D eigenvalue weighted by Gasteiger charge is 2.25. The standard InChI is InChI=1S/C11H14N2O3/c1-7-12-6-8(11(14)15-2)10(13-7)9-4-3-5-16-9/h6,9H,3-5H2,1-2H3. The molecule has 1 saturated heterocycles. The molecule has 1 aliphatic heterocycles. The fourth-order valence-electron chi connectivity index (χ4n) is 1.79. The van der Waals surface area contributed by atoms with Crippen molar-refractivity contribution in [2.24, 2.45) is 0 Å². The zero-order valence-electron chi connectivity index (χ0n) is 9.40. The molecule has 86 valence electrons. The van der Waals surface area contributed by atoms with Crippen molar-refractivity contribution in [3.63, 3.8) is 0 Å². The second-order valence-corrected chi connectivity index (χ2v) is 3.71. The number of aromatic nitrogens is 2. The van der Waals surface area contributed by atoms with E-state index in [1.54, 1.807) is 6.92 Å². The van der Waals surface area contributed by atoms with Gasteiger partial charge in [0.1, 0.15) is 17.5 Å². The number of esters is 1. The first kappa shape index (κ1) is 11.0. The van der Waals surface area contributed by atoms with Crippen molar-refractivity contribution in [1.29, 1.82) is 0 Å². The molecule has 0 bridgehead atoms. The van der Waals surface area contributed by atoms with Gasteiger partial charge in [-0.05, 0) is 19.8 Å². The van der Waals surface area contributed by atoms with Gasteiger partial charge in [-0.3, -0.25) is 0 Å². The predicted octanol–water partition coefficient (Wildman–Crippen LogP) is 1.42. The van der Waals surface area contributed by atoms with Gasteiger partial charge < -0.3 is 9.47 Å². The van der Waals surface area contributed by atoms with E-state index in [0.717, 1.165) is 12.8 Å². The minimum Gasteiger partial charge on any atom is -0.465 e. The Morgan fingerprint density at radius 2 is 2.44 bits per heavy atom. The normalized spacial score (nSPS) is 19.8. The van der Waals surface area contributed by atoms with Crippen LogP contribution in [0.2, 0.25) is 0 Å². The highest BCUT2D eigenvalue weighted by molar-refractivity contribution is 5.90. The van der Waals surface area contributed by atoms with Gasteiger partial charge in [0, 0.05) is 12.8 Å². The first-order valence-corrected chi connectivity index (χ1v) is 5.26. The van der Waals surface area contributed by atoms with Gasteiger partial charge in [0.05, 0.1) is 12.8 Å². The first-order valence-electron chi connectivity index (χ1n) is 5.26. The molecule has 16 heavy (non-hydrogen) atoms. The maximum Gasteiger partial charge on any atom is 0.341 e. The summed E-state index contributed by atoms with van der Waals surface area (Å²) in [5.41, 5.74) is 1.05. The second kappa shape index (κ2) is 4.57. The lowest BCUT2D eigenvalue weighted by Crippen LogP contribution is -2.13. The number of carbonyl (C=O) groups excluding carboxylic acids is 1. The molecular weight excluding hydrogens is 208 g/mol. The molecule has 1 unspecified atom stereocenters. The van der Waals surface area contributed by atoms with Crippen molar-refractivity contribution in [2.75, 3.05) is 13.7 Å². The van der Waals surface area contributed by atoms with Crippen molar-refractivity contribution < 1.29 is 14.3 Å². The van der Waals surface area contributed by atoms with Crippen LogP contribution in [0, 0.1) is 6.92 Å². The maximum atomic E-state index is 11.5. The Hall–Kier alpha value is -1.49. The summed E-state index contributed by atoms with van der Waals surface area (Å²) in [5.74, 6) is 0.226. The molecule has 0 saturated carbocycles. The molecule has 0 aromatic carbocycles.